The van der Waals surface area contributed by atoms with Gasteiger partial charge in [0.25, 0.3) is 5.91 Å². The zero-order valence-corrected chi connectivity index (χ0v) is 13.6. The molecule has 0 saturated heterocycles. The largest absolute Gasteiger partial charge is 0.327 e. The predicted octanol–water partition coefficient (Wildman–Crippen LogP) is 2.71. The van der Waals surface area contributed by atoms with Crippen LogP contribution in [0.1, 0.15) is 28.4 Å². The van der Waals surface area contributed by atoms with Crippen LogP contribution in [0.3, 0.4) is 0 Å². The van der Waals surface area contributed by atoms with Gasteiger partial charge in [0.2, 0.25) is 5.91 Å². The number of anilines is 3. The number of nitrogens with one attached hydrogen (secondary N) is 1. The predicted molar refractivity (Wildman–Crippen MR) is 93.0 cm³/mol. The maximum atomic E-state index is 12.6. The molecular formula is C18H16N4O2. The van der Waals surface area contributed by atoms with Crippen molar-refractivity contribution in [2.75, 3.05) is 24.3 Å². The Balaban J connectivity index is 2.08. The first-order valence-electron chi connectivity index (χ1n) is 7.62. The smallest absolute Gasteiger partial charge is 0.258 e. The Labute approximate surface area is 139 Å². The molecule has 2 aliphatic rings. The Bertz CT molecular complexity index is 933. The summed E-state index contributed by atoms with van der Waals surface area (Å²) in [4.78, 5) is 32.2. The van der Waals surface area contributed by atoms with Crippen molar-refractivity contribution in [1.82, 2.24) is 9.88 Å². The van der Waals surface area contributed by atoms with E-state index in [9.17, 15) is 9.59 Å². The molecule has 120 valence electrons. The Morgan fingerprint density at radius 3 is 2.71 bits per heavy atom. The third-order valence-electron chi connectivity index (χ3n) is 4.40. The van der Waals surface area contributed by atoms with Crippen molar-refractivity contribution in [3.8, 4) is 0 Å². The lowest BCUT2D eigenvalue weighted by molar-refractivity contribution is -0.114. The van der Waals surface area contributed by atoms with Crippen LogP contribution in [0.5, 0.6) is 0 Å². The van der Waals surface area contributed by atoms with Crippen LogP contribution in [0, 0.1) is 0 Å². The van der Waals surface area contributed by atoms with E-state index >= 15 is 0 Å². The number of carbonyl (C=O) groups excluding carboxylic acids is 2. The number of fused-ring (bicyclic) bond motifs is 1. The van der Waals surface area contributed by atoms with E-state index in [4.69, 9.17) is 0 Å². The number of benzene rings is 1. The van der Waals surface area contributed by atoms with E-state index in [0.717, 1.165) is 28.3 Å². The van der Waals surface area contributed by atoms with Crippen molar-refractivity contribution in [2.24, 2.45) is 0 Å². The number of hydrogen-bond acceptors (Lipinski definition) is 4. The Kier molecular flexibility index (Phi) is 2.96. The summed E-state index contributed by atoms with van der Waals surface area (Å²) in [6.07, 6.45) is 3.70. The minimum Gasteiger partial charge on any atom is -0.327 e. The summed E-state index contributed by atoms with van der Waals surface area (Å²) in [5, 5.41) is 2.86. The molecule has 1 aromatic carbocycles. The monoisotopic (exact) mass is 320 g/mol. The van der Waals surface area contributed by atoms with Gasteiger partial charge < -0.3 is 15.1 Å². The van der Waals surface area contributed by atoms with Gasteiger partial charge in [0.1, 0.15) is 5.82 Å². The topological polar surface area (TPSA) is 65.5 Å². The van der Waals surface area contributed by atoms with Gasteiger partial charge in [0, 0.05) is 38.3 Å². The molecule has 0 saturated carbocycles. The van der Waals surface area contributed by atoms with Crippen molar-refractivity contribution in [3.63, 3.8) is 0 Å². The van der Waals surface area contributed by atoms with Crippen LogP contribution in [-0.4, -0.2) is 35.8 Å². The van der Waals surface area contributed by atoms with E-state index < -0.39 is 0 Å². The molecule has 3 heterocycles. The highest BCUT2D eigenvalue weighted by atomic mass is 16.2. The number of rotatable bonds is 1. The molecule has 0 aliphatic carbocycles. The van der Waals surface area contributed by atoms with Gasteiger partial charge >= 0.3 is 0 Å². The molecule has 6 heteroatoms. The van der Waals surface area contributed by atoms with Crippen molar-refractivity contribution in [2.45, 2.75) is 6.92 Å². The average Bonchev–Trinajstić information content (AvgIpc) is 2.72. The van der Waals surface area contributed by atoms with Gasteiger partial charge in [-0.1, -0.05) is 0 Å². The number of hydrogen-bond donors (Lipinski definition) is 1. The summed E-state index contributed by atoms with van der Waals surface area (Å²) >= 11 is 0. The summed E-state index contributed by atoms with van der Waals surface area (Å²) in [6.45, 7) is 1.47. The highest BCUT2D eigenvalue weighted by Crippen LogP contribution is 2.47. The molecule has 0 atom stereocenters. The van der Waals surface area contributed by atoms with Gasteiger partial charge in [-0.15, -0.1) is 0 Å². The molecule has 0 radical (unpaired) electrons. The Morgan fingerprint density at radius 2 is 1.96 bits per heavy atom. The Hall–Kier alpha value is -3.15. The first kappa shape index (κ1) is 14.4. The second kappa shape index (κ2) is 4.92. The summed E-state index contributed by atoms with van der Waals surface area (Å²) in [6, 6.07) is 7.37. The molecule has 0 spiro atoms. The van der Waals surface area contributed by atoms with Crippen LogP contribution in [0.25, 0.3) is 11.8 Å². The fourth-order valence-electron chi connectivity index (χ4n) is 3.35. The molecular weight excluding hydrogens is 304 g/mol. The van der Waals surface area contributed by atoms with Gasteiger partial charge in [0.15, 0.2) is 0 Å². The lowest BCUT2D eigenvalue weighted by Crippen LogP contribution is -2.18. The van der Waals surface area contributed by atoms with Gasteiger partial charge in [-0.2, -0.15) is 0 Å². The normalized spacial score (nSPS) is 14.8. The number of nitrogens with zero attached hydrogens (tertiary/aromatic N) is 3. The number of carbonyl (C=O) groups is 2. The molecule has 0 bridgehead atoms. The quantitative estimate of drug-likeness (QED) is 0.877. The molecule has 0 fully saturated rings. The minimum atomic E-state index is -0.159. The van der Waals surface area contributed by atoms with E-state index in [1.807, 2.05) is 30.2 Å². The first-order valence-corrected chi connectivity index (χ1v) is 7.62. The highest BCUT2D eigenvalue weighted by Gasteiger charge is 2.36. The maximum Gasteiger partial charge on any atom is 0.258 e. The molecule has 2 aromatic rings. The molecule has 4 rings (SSSR count). The SMILES string of the molecule is CC(=O)Nc1ccc2c3c1N(C)c1ncccc1C=C3N(C)C2=O. The third kappa shape index (κ3) is 1.86. The molecule has 2 aliphatic heterocycles. The number of aromatic nitrogens is 1. The fourth-order valence-corrected chi connectivity index (χ4v) is 3.35. The van der Waals surface area contributed by atoms with Crippen molar-refractivity contribution >= 4 is 40.8 Å². The summed E-state index contributed by atoms with van der Waals surface area (Å²) in [5.74, 6) is 0.571. The van der Waals surface area contributed by atoms with E-state index in [1.165, 1.54) is 6.92 Å². The zero-order valence-electron chi connectivity index (χ0n) is 13.6. The molecule has 0 unspecified atom stereocenters. The van der Waals surface area contributed by atoms with Crippen molar-refractivity contribution in [1.29, 1.82) is 0 Å². The van der Waals surface area contributed by atoms with Crippen LogP contribution in [0.15, 0.2) is 30.5 Å². The standard InChI is InChI=1S/C18H16N4O2/c1-10(23)20-13-7-6-12-15-14(21(2)18(12)24)9-11-5-4-8-19-17(11)22(3)16(13)15/h4-9H,1-3H3,(H,20,23). The molecule has 2 amide bonds. The van der Waals surface area contributed by atoms with E-state index in [0.29, 0.717) is 11.3 Å². The van der Waals surface area contributed by atoms with Crippen LogP contribution >= 0.6 is 0 Å². The minimum absolute atomic E-state index is 0.0485. The number of pyridine rings is 1. The maximum absolute atomic E-state index is 12.6. The molecule has 6 nitrogen and oxygen atoms in total. The van der Waals surface area contributed by atoms with Gasteiger partial charge in [-0.05, 0) is 30.3 Å². The summed E-state index contributed by atoms with van der Waals surface area (Å²) in [5.41, 5.74) is 4.64. The second-order valence-electron chi connectivity index (χ2n) is 5.93. The first-order chi connectivity index (χ1) is 11.5. The van der Waals surface area contributed by atoms with Crippen LogP contribution in [-0.2, 0) is 4.79 Å². The van der Waals surface area contributed by atoms with E-state index in [1.54, 1.807) is 30.3 Å². The van der Waals surface area contributed by atoms with Crippen LogP contribution in [0.2, 0.25) is 0 Å². The molecule has 24 heavy (non-hydrogen) atoms. The van der Waals surface area contributed by atoms with Crippen LogP contribution in [0.4, 0.5) is 17.2 Å². The zero-order chi connectivity index (χ0) is 17.0. The van der Waals surface area contributed by atoms with Gasteiger partial charge in [-0.3, -0.25) is 9.59 Å². The lowest BCUT2D eigenvalue weighted by Gasteiger charge is -2.24. The summed E-state index contributed by atoms with van der Waals surface area (Å²) < 4.78 is 0. The molecule has 1 aromatic heterocycles. The van der Waals surface area contributed by atoms with Crippen molar-refractivity contribution < 1.29 is 9.59 Å². The lowest BCUT2D eigenvalue weighted by atomic mass is 10.0. The average molecular weight is 320 g/mol. The van der Waals surface area contributed by atoms with E-state index in [2.05, 4.69) is 10.3 Å². The van der Waals surface area contributed by atoms with Gasteiger partial charge in [0.05, 0.1) is 22.6 Å². The molecule has 1 N–H and O–H groups in total. The third-order valence-corrected chi connectivity index (χ3v) is 4.40. The number of amides is 2. The van der Waals surface area contributed by atoms with Crippen molar-refractivity contribution in [3.05, 3.63) is 47.2 Å². The highest BCUT2D eigenvalue weighted by molar-refractivity contribution is 6.17. The Morgan fingerprint density at radius 1 is 1.17 bits per heavy atom. The van der Waals surface area contributed by atoms with Crippen LogP contribution < -0.4 is 10.2 Å². The van der Waals surface area contributed by atoms with Gasteiger partial charge in [-0.25, -0.2) is 4.98 Å². The summed E-state index contributed by atoms with van der Waals surface area (Å²) in [7, 11) is 3.66. The van der Waals surface area contributed by atoms with E-state index in [-0.39, 0.29) is 11.8 Å². The second-order valence-corrected chi connectivity index (χ2v) is 5.93. The fraction of sp³-hybridized carbons (Fsp3) is 0.167.